The van der Waals surface area contributed by atoms with Gasteiger partial charge in [0.05, 0.1) is 0 Å². The summed E-state index contributed by atoms with van der Waals surface area (Å²) < 4.78 is 5.78. The second kappa shape index (κ2) is 7.38. The van der Waals surface area contributed by atoms with Crippen LogP contribution >= 0.6 is 0 Å². The van der Waals surface area contributed by atoms with Crippen molar-refractivity contribution in [1.29, 1.82) is 0 Å². The van der Waals surface area contributed by atoms with E-state index in [4.69, 9.17) is 10.5 Å². The van der Waals surface area contributed by atoms with Crippen molar-refractivity contribution in [3.63, 3.8) is 0 Å². The summed E-state index contributed by atoms with van der Waals surface area (Å²) in [7, 11) is 0. The minimum Gasteiger partial charge on any atom is -0.457 e. The number of nitrogens with one attached hydrogen (secondary N) is 1. The van der Waals surface area contributed by atoms with E-state index in [-0.39, 0.29) is 11.9 Å². The zero-order chi connectivity index (χ0) is 17.9. The van der Waals surface area contributed by atoms with Gasteiger partial charge in [0.25, 0.3) is 5.91 Å². The van der Waals surface area contributed by atoms with Crippen molar-refractivity contribution < 1.29 is 9.53 Å². The van der Waals surface area contributed by atoms with Gasteiger partial charge in [-0.1, -0.05) is 0 Å². The third kappa shape index (κ3) is 3.99. The molecule has 0 spiro atoms. The second-order valence-corrected chi connectivity index (χ2v) is 7.35. The molecule has 0 aromatic heterocycles. The number of piperidine rings is 1. The number of ether oxygens (including phenoxy) is 1. The van der Waals surface area contributed by atoms with Gasteiger partial charge in [-0.3, -0.25) is 4.79 Å². The van der Waals surface area contributed by atoms with Gasteiger partial charge in [-0.05, 0) is 86.8 Å². The van der Waals surface area contributed by atoms with Crippen LogP contribution in [0.5, 0.6) is 11.5 Å². The maximum atomic E-state index is 12.6. The van der Waals surface area contributed by atoms with Crippen LogP contribution in [0.3, 0.4) is 0 Å². The molecule has 3 N–H and O–H groups in total. The lowest BCUT2D eigenvalue weighted by atomic mass is 9.94. The van der Waals surface area contributed by atoms with Crippen LogP contribution in [0.25, 0.3) is 0 Å². The molecule has 136 valence electrons. The fraction of sp³-hybridized carbons (Fsp3) is 0.381. The molecular weight excluding hydrogens is 326 g/mol. The van der Waals surface area contributed by atoms with Gasteiger partial charge in [0.2, 0.25) is 0 Å². The molecule has 2 aromatic carbocycles. The van der Waals surface area contributed by atoms with Crippen LogP contribution in [0.4, 0.5) is 5.69 Å². The lowest BCUT2D eigenvalue weighted by Crippen LogP contribution is -2.41. The fourth-order valence-electron chi connectivity index (χ4n) is 3.91. The van der Waals surface area contributed by atoms with Crippen molar-refractivity contribution in [3.8, 4) is 11.5 Å². The average molecular weight is 351 g/mol. The lowest BCUT2D eigenvalue weighted by Gasteiger charge is -2.26. The second-order valence-electron chi connectivity index (χ2n) is 7.35. The standard InChI is InChI=1S/C21H25N3O2/c22-17-3-7-20(8-4-17)26-19-5-1-16(2-6-19)21(25)23-18-13-15-9-11-24(14-18)12-10-15/h1-8,15,18H,9-14,22H2,(H,23,25). The van der Waals surface area contributed by atoms with Crippen molar-refractivity contribution in [2.45, 2.75) is 25.3 Å². The zero-order valence-electron chi connectivity index (χ0n) is 14.9. The monoisotopic (exact) mass is 351 g/mol. The van der Waals surface area contributed by atoms with Crippen LogP contribution in [-0.4, -0.2) is 36.5 Å². The molecule has 3 aliphatic rings. The molecule has 1 amide bonds. The van der Waals surface area contributed by atoms with E-state index in [0.717, 1.165) is 24.6 Å². The molecule has 3 saturated heterocycles. The summed E-state index contributed by atoms with van der Waals surface area (Å²) in [5.74, 6) is 2.18. The minimum atomic E-state index is -0.00321. The maximum Gasteiger partial charge on any atom is 0.251 e. The SMILES string of the molecule is Nc1ccc(Oc2ccc(C(=O)NC3CC4CCN(CC4)C3)cc2)cc1. The number of hydrogen-bond acceptors (Lipinski definition) is 4. The van der Waals surface area contributed by atoms with Crippen LogP contribution in [0.15, 0.2) is 48.5 Å². The summed E-state index contributed by atoms with van der Waals surface area (Å²) >= 11 is 0. The summed E-state index contributed by atoms with van der Waals surface area (Å²) in [6.45, 7) is 3.32. The number of nitrogen functional groups attached to an aromatic ring is 1. The molecule has 0 radical (unpaired) electrons. The summed E-state index contributed by atoms with van der Waals surface area (Å²) in [5, 5.41) is 3.22. The molecule has 1 atom stereocenters. The number of hydrogen-bond donors (Lipinski definition) is 2. The quantitative estimate of drug-likeness (QED) is 0.830. The van der Waals surface area contributed by atoms with E-state index in [1.165, 1.54) is 25.9 Å². The average Bonchev–Trinajstić information content (AvgIpc) is 2.96. The number of anilines is 1. The number of rotatable bonds is 4. The van der Waals surface area contributed by atoms with Crippen LogP contribution in [0.1, 0.15) is 29.6 Å². The number of nitrogens with two attached hydrogens (primary N) is 1. The van der Waals surface area contributed by atoms with Crippen LogP contribution in [0, 0.1) is 5.92 Å². The van der Waals surface area contributed by atoms with E-state index in [1.54, 1.807) is 12.1 Å². The Balaban J connectivity index is 1.37. The van der Waals surface area contributed by atoms with Gasteiger partial charge in [-0.25, -0.2) is 0 Å². The van der Waals surface area contributed by atoms with Gasteiger partial charge in [-0.2, -0.15) is 0 Å². The molecule has 5 rings (SSSR count). The number of carbonyl (C=O) groups excluding carboxylic acids is 1. The topological polar surface area (TPSA) is 67.6 Å². The van der Waals surface area contributed by atoms with Crippen molar-refractivity contribution >= 4 is 11.6 Å². The fourth-order valence-corrected chi connectivity index (χ4v) is 3.91. The zero-order valence-corrected chi connectivity index (χ0v) is 14.9. The Labute approximate surface area is 154 Å². The molecule has 0 aliphatic carbocycles. The minimum absolute atomic E-state index is 0.00321. The Morgan fingerprint density at radius 1 is 1.00 bits per heavy atom. The van der Waals surface area contributed by atoms with Crippen molar-refractivity contribution in [3.05, 3.63) is 54.1 Å². The highest BCUT2D eigenvalue weighted by Crippen LogP contribution is 2.27. The largest absolute Gasteiger partial charge is 0.457 e. The van der Waals surface area contributed by atoms with Gasteiger partial charge in [-0.15, -0.1) is 0 Å². The smallest absolute Gasteiger partial charge is 0.251 e. The number of carbonyl (C=O) groups is 1. The number of benzene rings is 2. The van der Waals surface area contributed by atoms with Gasteiger partial charge in [0.15, 0.2) is 0 Å². The highest BCUT2D eigenvalue weighted by Gasteiger charge is 2.29. The summed E-state index contributed by atoms with van der Waals surface area (Å²) in [4.78, 5) is 15.1. The number of amides is 1. The van der Waals surface area contributed by atoms with Gasteiger partial charge in [0.1, 0.15) is 11.5 Å². The maximum absolute atomic E-state index is 12.6. The highest BCUT2D eigenvalue weighted by molar-refractivity contribution is 5.94. The first-order valence-electron chi connectivity index (χ1n) is 9.32. The molecule has 3 heterocycles. The summed E-state index contributed by atoms with van der Waals surface area (Å²) in [5.41, 5.74) is 7.05. The predicted molar refractivity (Wildman–Crippen MR) is 102 cm³/mol. The first kappa shape index (κ1) is 16.9. The molecule has 0 saturated carbocycles. The first-order valence-corrected chi connectivity index (χ1v) is 9.32. The van der Waals surface area contributed by atoms with Gasteiger partial charge in [0, 0.05) is 23.8 Å². The Morgan fingerprint density at radius 3 is 2.27 bits per heavy atom. The van der Waals surface area contributed by atoms with E-state index in [1.807, 2.05) is 36.4 Å². The predicted octanol–water partition coefficient (Wildman–Crippen LogP) is 3.28. The Hall–Kier alpha value is -2.53. The van der Waals surface area contributed by atoms with E-state index in [9.17, 15) is 4.79 Å². The van der Waals surface area contributed by atoms with Gasteiger partial charge < -0.3 is 20.7 Å². The number of fused-ring (bicyclic) bond motifs is 4. The van der Waals surface area contributed by atoms with Crippen LogP contribution < -0.4 is 15.8 Å². The summed E-state index contributed by atoms with van der Waals surface area (Å²) in [6.07, 6.45) is 3.63. The molecule has 26 heavy (non-hydrogen) atoms. The molecular formula is C21H25N3O2. The van der Waals surface area contributed by atoms with E-state index in [0.29, 0.717) is 17.0 Å². The third-order valence-corrected chi connectivity index (χ3v) is 5.37. The van der Waals surface area contributed by atoms with Gasteiger partial charge >= 0.3 is 0 Å². The Morgan fingerprint density at radius 2 is 1.62 bits per heavy atom. The first-order chi connectivity index (χ1) is 12.7. The van der Waals surface area contributed by atoms with Crippen LogP contribution in [-0.2, 0) is 0 Å². The van der Waals surface area contributed by atoms with Crippen LogP contribution in [0.2, 0.25) is 0 Å². The lowest BCUT2D eigenvalue weighted by molar-refractivity contribution is 0.0929. The normalized spacial score (nSPS) is 24.7. The molecule has 3 aliphatic heterocycles. The number of nitrogens with zero attached hydrogens (tertiary/aromatic N) is 1. The van der Waals surface area contributed by atoms with Crippen molar-refractivity contribution in [1.82, 2.24) is 10.2 Å². The molecule has 1 unspecified atom stereocenters. The molecule has 5 heteroatoms. The highest BCUT2D eigenvalue weighted by atomic mass is 16.5. The Kier molecular flexibility index (Phi) is 4.80. The molecule has 3 fully saturated rings. The molecule has 2 bridgehead atoms. The van der Waals surface area contributed by atoms with E-state index >= 15 is 0 Å². The van der Waals surface area contributed by atoms with Crippen molar-refractivity contribution in [2.24, 2.45) is 5.92 Å². The molecule has 2 aromatic rings. The Bertz CT molecular complexity index is 736. The van der Waals surface area contributed by atoms with E-state index < -0.39 is 0 Å². The van der Waals surface area contributed by atoms with E-state index in [2.05, 4.69) is 10.2 Å². The third-order valence-electron chi connectivity index (χ3n) is 5.37. The molecule has 5 nitrogen and oxygen atoms in total. The van der Waals surface area contributed by atoms with Crippen molar-refractivity contribution in [2.75, 3.05) is 25.4 Å². The summed E-state index contributed by atoms with van der Waals surface area (Å²) in [6, 6.07) is 14.8.